The number of rotatable bonds is 16. The van der Waals surface area contributed by atoms with Crippen LogP contribution < -0.4 is 14.4 Å². The smallest absolute Gasteiger partial charge is 0.243 e. The topological polar surface area (TPSA) is 96.0 Å². The molecule has 9 heteroatoms. The number of benzene rings is 3. The zero-order valence-electron chi connectivity index (χ0n) is 26.0. The zero-order valence-corrected chi connectivity index (χ0v) is 26.8. The number of ether oxygens (including phenoxy) is 1. The van der Waals surface area contributed by atoms with Crippen LogP contribution in [-0.4, -0.2) is 57.1 Å². The lowest BCUT2D eigenvalue weighted by atomic mass is 10.0. The van der Waals surface area contributed by atoms with E-state index < -0.39 is 16.1 Å². The zero-order chi connectivity index (χ0) is 31.4. The number of carbonyl (C=O) groups is 2. The van der Waals surface area contributed by atoms with Crippen LogP contribution in [0.15, 0.2) is 78.9 Å². The molecule has 1 N–H and O–H groups in total. The number of amides is 2. The Morgan fingerprint density at radius 3 is 2.19 bits per heavy atom. The molecule has 0 aromatic heterocycles. The molecule has 3 aromatic carbocycles. The second kappa shape index (κ2) is 16.1. The van der Waals surface area contributed by atoms with Gasteiger partial charge < -0.3 is 15.0 Å². The van der Waals surface area contributed by atoms with E-state index in [0.717, 1.165) is 22.9 Å². The number of sulfonamides is 1. The third-order valence-electron chi connectivity index (χ3n) is 7.02. The van der Waals surface area contributed by atoms with Gasteiger partial charge in [-0.05, 0) is 49.4 Å². The molecule has 2 amide bonds. The predicted molar refractivity (Wildman–Crippen MR) is 173 cm³/mol. The van der Waals surface area contributed by atoms with Crippen molar-refractivity contribution in [1.29, 1.82) is 0 Å². The average Bonchev–Trinajstić information content (AvgIpc) is 2.97. The Morgan fingerprint density at radius 2 is 1.56 bits per heavy atom. The molecule has 0 fully saturated rings. The SMILES string of the molecule is CCOc1ccccc1N(CCCC(=O)N(Cc1ccc(C)cc1)[C@H](Cc1ccccc1)C(=O)NCC(C)C)S(C)(=O)=O. The van der Waals surface area contributed by atoms with Crippen LogP contribution in [0.4, 0.5) is 5.69 Å². The van der Waals surface area contributed by atoms with Crippen molar-refractivity contribution >= 4 is 27.5 Å². The summed E-state index contributed by atoms with van der Waals surface area (Å²) in [6.45, 7) is 9.14. The van der Waals surface area contributed by atoms with Gasteiger partial charge in [-0.3, -0.25) is 13.9 Å². The number of aryl methyl sites for hydroxylation is 1. The number of hydrogen-bond acceptors (Lipinski definition) is 5. The molecular formula is C34H45N3O5S. The van der Waals surface area contributed by atoms with Crippen molar-refractivity contribution in [2.45, 2.75) is 59.5 Å². The number of hydrogen-bond donors (Lipinski definition) is 1. The molecule has 0 unspecified atom stereocenters. The van der Waals surface area contributed by atoms with Gasteiger partial charge in [-0.25, -0.2) is 8.42 Å². The molecule has 0 saturated carbocycles. The summed E-state index contributed by atoms with van der Waals surface area (Å²) in [5.74, 6) is 0.297. The van der Waals surface area contributed by atoms with Gasteiger partial charge in [-0.1, -0.05) is 86.1 Å². The Bertz CT molecular complexity index is 1430. The fraction of sp³-hybridized carbons (Fsp3) is 0.412. The van der Waals surface area contributed by atoms with E-state index in [9.17, 15) is 18.0 Å². The van der Waals surface area contributed by atoms with Crippen LogP contribution in [0.1, 0.15) is 50.3 Å². The number of nitrogens with zero attached hydrogens (tertiary/aromatic N) is 2. The maximum atomic E-state index is 14.0. The van der Waals surface area contributed by atoms with E-state index in [1.54, 1.807) is 29.2 Å². The van der Waals surface area contributed by atoms with Gasteiger partial charge in [0.25, 0.3) is 0 Å². The Hall–Kier alpha value is -3.85. The summed E-state index contributed by atoms with van der Waals surface area (Å²) in [6, 6.07) is 23.8. The van der Waals surface area contributed by atoms with Gasteiger partial charge in [0.1, 0.15) is 11.8 Å². The van der Waals surface area contributed by atoms with Crippen LogP contribution in [0.2, 0.25) is 0 Å². The molecule has 0 aliphatic carbocycles. The number of para-hydroxylation sites is 2. The van der Waals surface area contributed by atoms with Crippen molar-refractivity contribution in [3.63, 3.8) is 0 Å². The highest BCUT2D eigenvalue weighted by Gasteiger charge is 2.31. The molecule has 0 radical (unpaired) electrons. The van der Waals surface area contributed by atoms with Crippen LogP contribution in [0.25, 0.3) is 0 Å². The molecule has 0 saturated heterocycles. The fourth-order valence-electron chi connectivity index (χ4n) is 4.79. The molecule has 0 aliphatic rings. The minimum Gasteiger partial charge on any atom is -0.492 e. The summed E-state index contributed by atoms with van der Waals surface area (Å²) in [7, 11) is -3.65. The summed E-state index contributed by atoms with van der Waals surface area (Å²) < 4.78 is 32.6. The third kappa shape index (κ3) is 10.4. The first-order valence-electron chi connectivity index (χ1n) is 14.9. The maximum Gasteiger partial charge on any atom is 0.243 e. The highest BCUT2D eigenvalue weighted by atomic mass is 32.2. The molecule has 0 aliphatic heterocycles. The van der Waals surface area contributed by atoms with Gasteiger partial charge >= 0.3 is 0 Å². The van der Waals surface area contributed by atoms with Gasteiger partial charge in [-0.15, -0.1) is 0 Å². The minimum absolute atomic E-state index is 0.0669. The predicted octanol–water partition coefficient (Wildman–Crippen LogP) is 5.35. The van der Waals surface area contributed by atoms with Gasteiger partial charge in [0, 0.05) is 32.5 Å². The largest absolute Gasteiger partial charge is 0.492 e. The highest BCUT2D eigenvalue weighted by molar-refractivity contribution is 7.92. The van der Waals surface area contributed by atoms with Crippen LogP contribution in [-0.2, 0) is 32.6 Å². The Morgan fingerprint density at radius 1 is 0.907 bits per heavy atom. The average molecular weight is 608 g/mol. The van der Waals surface area contributed by atoms with Crippen molar-refractivity contribution in [1.82, 2.24) is 10.2 Å². The molecule has 3 rings (SSSR count). The van der Waals surface area contributed by atoms with Crippen molar-refractivity contribution in [2.24, 2.45) is 5.92 Å². The van der Waals surface area contributed by atoms with Crippen molar-refractivity contribution in [3.8, 4) is 5.75 Å². The molecule has 8 nitrogen and oxygen atoms in total. The lowest BCUT2D eigenvalue weighted by Crippen LogP contribution is -2.51. The normalized spacial score (nSPS) is 12.0. The summed E-state index contributed by atoms with van der Waals surface area (Å²) in [5, 5.41) is 3.03. The summed E-state index contributed by atoms with van der Waals surface area (Å²) in [4.78, 5) is 29.3. The van der Waals surface area contributed by atoms with Gasteiger partial charge in [-0.2, -0.15) is 0 Å². The van der Waals surface area contributed by atoms with E-state index in [4.69, 9.17) is 4.74 Å². The fourth-order valence-corrected chi connectivity index (χ4v) is 5.76. The van der Waals surface area contributed by atoms with E-state index in [-0.39, 0.29) is 43.7 Å². The first-order chi connectivity index (χ1) is 20.5. The lowest BCUT2D eigenvalue weighted by Gasteiger charge is -2.32. The first-order valence-corrected chi connectivity index (χ1v) is 16.7. The Kier molecular flexibility index (Phi) is 12.6. The molecular weight excluding hydrogens is 562 g/mol. The Labute approximate surface area is 257 Å². The van der Waals surface area contributed by atoms with Crippen LogP contribution in [0, 0.1) is 12.8 Å². The van der Waals surface area contributed by atoms with E-state index in [1.807, 2.05) is 82.3 Å². The quantitative estimate of drug-likeness (QED) is 0.237. The molecule has 3 aromatic rings. The second-order valence-corrected chi connectivity index (χ2v) is 13.1. The summed E-state index contributed by atoms with van der Waals surface area (Å²) in [6.07, 6.45) is 1.84. The standard InChI is InChI=1S/C34H45N3O5S/c1-6-42-32-16-11-10-15-30(32)37(43(5,40)41)22-12-17-33(38)36(25-29-20-18-27(4)19-21-29)31(34(39)35-24-26(2)3)23-28-13-8-7-9-14-28/h7-11,13-16,18-21,26,31H,6,12,17,22-25H2,1-5H3,(H,35,39)/t31-/m1/s1. The minimum atomic E-state index is -3.65. The molecule has 0 bridgehead atoms. The molecule has 1 atom stereocenters. The van der Waals surface area contributed by atoms with E-state index in [0.29, 0.717) is 31.0 Å². The van der Waals surface area contributed by atoms with Crippen molar-refractivity contribution in [3.05, 3.63) is 95.6 Å². The number of carbonyl (C=O) groups excluding carboxylic acids is 2. The highest BCUT2D eigenvalue weighted by Crippen LogP contribution is 2.30. The van der Waals surface area contributed by atoms with Crippen molar-refractivity contribution < 1.29 is 22.7 Å². The van der Waals surface area contributed by atoms with Gasteiger partial charge in [0.15, 0.2) is 0 Å². The lowest BCUT2D eigenvalue weighted by molar-refractivity contribution is -0.141. The third-order valence-corrected chi connectivity index (χ3v) is 8.20. The van der Waals surface area contributed by atoms with Crippen LogP contribution in [0.3, 0.4) is 0 Å². The molecule has 232 valence electrons. The van der Waals surface area contributed by atoms with Crippen LogP contribution >= 0.6 is 0 Å². The van der Waals surface area contributed by atoms with Gasteiger partial charge in [0.05, 0.1) is 18.6 Å². The van der Waals surface area contributed by atoms with Gasteiger partial charge in [0.2, 0.25) is 21.8 Å². The summed E-state index contributed by atoms with van der Waals surface area (Å²) in [5.41, 5.74) is 3.40. The molecule has 43 heavy (non-hydrogen) atoms. The Balaban J connectivity index is 1.89. The summed E-state index contributed by atoms with van der Waals surface area (Å²) >= 11 is 0. The van der Waals surface area contributed by atoms with E-state index >= 15 is 0 Å². The monoisotopic (exact) mass is 607 g/mol. The van der Waals surface area contributed by atoms with E-state index in [2.05, 4.69) is 5.32 Å². The second-order valence-electron chi connectivity index (χ2n) is 11.2. The number of nitrogens with one attached hydrogen (secondary N) is 1. The number of anilines is 1. The first kappa shape index (κ1) is 33.6. The van der Waals surface area contributed by atoms with E-state index in [1.165, 1.54) is 4.31 Å². The molecule has 0 heterocycles. The van der Waals surface area contributed by atoms with Crippen LogP contribution in [0.5, 0.6) is 5.75 Å². The maximum absolute atomic E-state index is 14.0. The van der Waals surface area contributed by atoms with Crippen molar-refractivity contribution in [2.75, 3.05) is 30.3 Å². The molecule has 0 spiro atoms.